The van der Waals surface area contributed by atoms with Crippen molar-refractivity contribution in [1.29, 1.82) is 0 Å². The van der Waals surface area contributed by atoms with Crippen LogP contribution in [0, 0.1) is 6.92 Å². The number of hydrogen-bond acceptors (Lipinski definition) is 5. The number of rotatable bonds is 2. The van der Waals surface area contributed by atoms with E-state index in [1.54, 1.807) is 6.26 Å². The standard InChI is InChI=1S/C11H15N5O/c1-7-3-5-17-9(7)10-13-11(15-14-10)16-4-2-8(12)6-16/h3,5,8H,2,4,6,12H2,1H3,(H,13,14,15). The molecule has 0 aliphatic carbocycles. The topological polar surface area (TPSA) is 84.0 Å². The van der Waals surface area contributed by atoms with E-state index in [0.29, 0.717) is 11.8 Å². The molecule has 3 heterocycles. The molecule has 2 aromatic heterocycles. The molecular formula is C11H15N5O. The summed E-state index contributed by atoms with van der Waals surface area (Å²) in [6, 6.07) is 2.13. The molecule has 3 rings (SSSR count). The molecule has 2 aromatic rings. The first-order chi connectivity index (χ1) is 8.24. The van der Waals surface area contributed by atoms with Crippen molar-refractivity contribution in [3.63, 3.8) is 0 Å². The largest absolute Gasteiger partial charge is 0.461 e. The minimum absolute atomic E-state index is 0.224. The van der Waals surface area contributed by atoms with Gasteiger partial charge < -0.3 is 15.1 Å². The summed E-state index contributed by atoms with van der Waals surface area (Å²) in [5, 5.41) is 7.11. The van der Waals surface area contributed by atoms with Crippen LogP contribution in [0.4, 0.5) is 5.95 Å². The van der Waals surface area contributed by atoms with Crippen molar-refractivity contribution in [3.05, 3.63) is 17.9 Å². The maximum atomic E-state index is 5.86. The summed E-state index contributed by atoms with van der Waals surface area (Å²) < 4.78 is 5.37. The van der Waals surface area contributed by atoms with Crippen LogP contribution in [0.1, 0.15) is 12.0 Å². The number of nitrogens with zero attached hydrogens (tertiary/aromatic N) is 3. The maximum absolute atomic E-state index is 5.86. The zero-order valence-corrected chi connectivity index (χ0v) is 9.68. The molecule has 6 heteroatoms. The number of aromatic amines is 1. The van der Waals surface area contributed by atoms with E-state index in [4.69, 9.17) is 10.2 Å². The molecule has 3 N–H and O–H groups in total. The van der Waals surface area contributed by atoms with Crippen LogP contribution in [-0.2, 0) is 0 Å². The number of furan rings is 1. The third-order valence-electron chi connectivity index (χ3n) is 3.06. The average Bonchev–Trinajstić information content (AvgIpc) is 2.97. The molecule has 17 heavy (non-hydrogen) atoms. The summed E-state index contributed by atoms with van der Waals surface area (Å²) in [4.78, 5) is 6.53. The van der Waals surface area contributed by atoms with Gasteiger partial charge in [0.15, 0.2) is 11.6 Å². The molecule has 0 aromatic carbocycles. The van der Waals surface area contributed by atoms with E-state index in [-0.39, 0.29) is 6.04 Å². The Kier molecular flexibility index (Phi) is 2.36. The van der Waals surface area contributed by atoms with E-state index >= 15 is 0 Å². The summed E-state index contributed by atoms with van der Waals surface area (Å²) in [6.45, 7) is 3.71. The van der Waals surface area contributed by atoms with Crippen LogP contribution >= 0.6 is 0 Å². The summed E-state index contributed by atoms with van der Waals surface area (Å²) in [7, 11) is 0. The highest BCUT2D eigenvalue weighted by Crippen LogP contribution is 2.23. The van der Waals surface area contributed by atoms with Crippen molar-refractivity contribution < 1.29 is 4.42 Å². The second-order valence-electron chi connectivity index (χ2n) is 4.41. The number of nitrogens with two attached hydrogens (primary N) is 1. The zero-order chi connectivity index (χ0) is 11.8. The van der Waals surface area contributed by atoms with Crippen molar-refractivity contribution in [2.45, 2.75) is 19.4 Å². The molecule has 1 aliphatic rings. The molecule has 1 unspecified atom stereocenters. The third kappa shape index (κ3) is 1.80. The molecule has 6 nitrogen and oxygen atoms in total. The Labute approximate surface area is 98.8 Å². The van der Waals surface area contributed by atoms with Crippen LogP contribution in [0.2, 0.25) is 0 Å². The molecule has 0 spiro atoms. The van der Waals surface area contributed by atoms with E-state index < -0.39 is 0 Å². The molecular weight excluding hydrogens is 218 g/mol. The highest BCUT2D eigenvalue weighted by atomic mass is 16.3. The number of aryl methyl sites for hydroxylation is 1. The smallest absolute Gasteiger partial charge is 0.245 e. The third-order valence-corrected chi connectivity index (χ3v) is 3.06. The van der Waals surface area contributed by atoms with Gasteiger partial charge in [-0.05, 0) is 25.0 Å². The van der Waals surface area contributed by atoms with Gasteiger partial charge in [0.1, 0.15) is 0 Å². The Morgan fingerprint density at radius 3 is 3.12 bits per heavy atom. The predicted octanol–water partition coefficient (Wildman–Crippen LogP) is 0.911. The molecule has 90 valence electrons. The SMILES string of the molecule is Cc1ccoc1-c1nc(N2CCC(N)C2)n[nH]1. The lowest BCUT2D eigenvalue weighted by Gasteiger charge is -2.11. The maximum Gasteiger partial charge on any atom is 0.245 e. The van der Waals surface area contributed by atoms with E-state index in [1.807, 2.05) is 13.0 Å². The van der Waals surface area contributed by atoms with E-state index in [1.165, 1.54) is 0 Å². The van der Waals surface area contributed by atoms with Gasteiger partial charge >= 0.3 is 0 Å². The lowest BCUT2D eigenvalue weighted by atomic mass is 10.3. The van der Waals surface area contributed by atoms with Crippen molar-refractivity contribution in [3.8, 4) is 11.6 Å². The van der Waals surface area contributed by atoms with Gasteiger partial charge in [-0.25, -0.2) is 0 Å². The van der Waals surface area contributed by atoms with Crippen LogP contribution in [0.5, 0.6) is 0 Å². The summed E-state index contributed by atoms with van der Waals surface area (Å²) in [5.41, 5.74) is 6.91. The fraction of sp³-hybridized carbons (Fsp3) is 0.455. The Bertz CT molecular complexity index is 517. The van der Waals surface area contributed by atoms with Crippen molar-refractivity contribution in [1.82, 2.24) is 15.2 Å². The fourth-order valence-corrected chi connectivity index (χ4v) is 2.08. The lowest BCUT2D eigenvalue weighted by Crippen LogP contribution is -2.26. The summed E-state index contributed by atoms with van der Waals surface area (Å²) >= 11 is 0. The van der Waals surface area contributed by atoms with E-state index in [2.05, 4.69) is 20.1 Å². The van der Waals surface area contributed by atoms with Crippen molar-refractivity contribution in [2.24, 2.45) is 5.73 Å². The van der Waals surface area contributed by atoms with Gasteiger partial charge in [-0.2, -0.15) is 4.98 Å². The van der Waals surface area contributed by atoms with Gasteiger partial charge in [-0.15, -0.1) is 5.10 Å². The normalized spacial score (nSPS) is 20.1. The lowest BCUT2D eigenvalue weighted by molar-refractivity contribution is 0.576. The second kappa shape index (κ2) is 3.89. The quantitative estimate of drug-likeness (QED) is 0.805. The van der Waals surface area contributed by atoms with Crippen LogP contribution < -0.4 is 10.6 Å². The summed E-state index contributed by atoms with van der Waals surface area (Å²) in [5.74, 6) is 2.11. The number of nitrogens with one attached hydrogen (secondary N) is 1. The predicted molar refractivity (Wildman–Crippen MR) is 63.6 cm³/mol. The van der Waals surface area contributed by atoms with Gasteiger partial charge in [-0.3, -0.25) is 5.10 Å². The minimum atomic E-state index is 0.224. The molecule has 0 amide bonds. The first-order valence-electron chi connectivity index (χ1n) is 5.71. The molecule has 1 fully saturated rings. The Balaban J connectivity index is 1.86. The van der Waals surface area contributed by atoms with Gasteiger partial charge in [-0.1, -0.05) is 0 Å². The minimum Gasteiger partial charge on any atom is -0.461 e. The first kappa shape index (κ1) is 10.3. The van der Waals surface area contributed by atoms with Gasteiger partial charge in [0.05, 0.1) is 6.26 Å². The molecule has 1 atom stereocenters. The monoisotopic (exact) mass is 233 g/mol. The summed E-state index contributed by atoms with van der Waals surface area (Å²) in [6.07, 6.45) is 2.64. The first-order valence-corrected chi connectivity index (χ1v) is 5.71. The van der Waals surface area contributed by atoms with Crippen molar-refractivity contribution in [2.75, 3.05) is 18.0 Å². The number of hydrogen-bond donors (Lipinski definition) is 2. The van der Waals surface area contributed by atoms with Crippen molar-refractivity contribution >= 4 is 5.95 Å². The Hall–Kier alpha value is -1.82. The van der Waals surface area contributed by atoms with Crippen LogP contribution in [0.3, 0.4) is 0 Å². The average molecular weight is 233 g/mol. The van der Waals surface area contributed by atoms with Gasteiger partial charge in [0, 0.05) is 19.1 Å². The van der Waals surface area contributed by atoms with Crippen LogP contribution in [0.15, 0.2) is 16.7 Å². The van der Waals surface area contributed by atoms with Gasteiger partial charge in [0.25, 0.3) is 0 Å². The molecule has 1 aliphatic heterocycles. The highest BCUT2D eigenvalue weighted by molar-refractivity contribution is 5.53. The Morgan fingerprint density at radius 2 is 2.47 bits per heavy atom. The van der Waals surface area contributed by atoms with E-state index in [9.17, 15) is 0 Å². The van der Waals surface area contributed by atoms with Crippen LogP contribution in [0.25, 0.3) is 11.6 Å². The number of H-pyrrole nitrogens is 1. The fourth-order valence-electron chi connectivity index (χ4n) is 2.08. The number of aromatic nitrogens is 3. The van der Waals surface area contributed by atoms with Gasteiger partial charge in [0.2, 0.25) is 5.95 Å². The molecule has 1 saturated heterocycles. The highest BCUT2D eigenvalue weighted by Gasteiger charge is 2.23. The second-order valence-corrected chi connectivity index (χ2v) is 4.41. The van der Waals surface area contributed by atoms with Crippen LogP contribution in [-0.4, -0.2) is 34.3 Å². The number of anilines is 1. The Morgan fingerprint density at radius 1 is 1.59 bits per heavy atom. The molecule has 0 radical (unpaired) electrons. The molecule has 0 saturated carbocycles. The molecule has 0 bridgehead atoms. The van der Waals surface area contributed by atoms with E-state index in [0.717, 1.165) is 30.8 Å². The zero-order valence-electron chi connectivity index (χ0n) is 9.68.